The Balaban J connectivity index is 2.12. The number of hydrogen-bond donors (Lipinski definition) is 1. The average Bonchev–Trinajstić information content (AvgIpc) is 2.85. The van der Waals surface area contributed by atoms with Crippen LogP contribution in [0.25, 0.3) is 11.6 Å². The summed E-state index contributed by atoms with van der Waals surface area (Å²) >= 11 is 0. The summed E-state index contributed by atoms with van der Waals surface area (Å²) in [6.07, 6.45) is 3.89. The molecule has 3 heteroatoms. The predicted molar refractivity (Wildman–Crippen MR) is 73.1 cm³/mol. The Morgan fingerprint density at radius 3 is 2.83 bits per heavy atom. The lowest BCUT2D eigenvalue weighted by molar-refractivity contribution is -0.110. The fraction of sp³-hybridized carbons (Fsp3) is 0.133. The predicted octanol–water partition coefficient (Wildman–Crippen LogP) is 2.83. The van der Waals surface area contributed by atoms with Crippen LogP contribution in [-0.4, -0.2) is 10.5 Å². The minimum absolute atomic E-state index is 0.0307. The third-order valence-electron chi connectivity index (χ3n) is 3.23. The molecular formula is C15H14N2O. The number of fused-ring (bicyclic) bond motifs is 1. The molecule has 0 spiro atoms. The summed E-state index contributed by atoms with van der Waals surface area (Å²) in [7, 11) is 1.97. The first-order chi connectivity index (χ1) is 8.65. The molecule has 0 unspecified atom stereocenters. The first-order valence-corrected chi connectivity index (χ1v) is 5.90. The van der Waals surface area contributed by atoms with E-state index in [1.807, 2.05) is 61.1 Å². The van der Waals surface area contributed by atoms with Gasteiger partial charge in [-0.3, -0.25) is 4.79 Å². The van der Waals surface area contributed by atoms with Crippen molar-refractivity contribution in [3.05, 3.63) is 53.3 Å². The molecule has 90 valence electrons. The lowest BCUT2D eigenvalue weighted by atomic mass is 10.0. The third kappa shape index (κ3) is 1.64. The first kappa shape index (κ1) is 10.8. The van der Waals surface area contributed by atoms with Gasteiger partial charge in [0.1, 0.15) is 0 Å². The Morgan fingerprint density at radius 2 is 2.11 bits per heavy atom. The molecule has 1 aromatic heterocycles. The van der Waals surface area contributed by atoms with Crippen LogP contribution in [0.3, 0.4) is 0 Å². The Bertz CT molecular complexity index is 665. The van der Waals surface area contributed by atoms with Gasteiger partial charge in [-0.25, -0.2) is 0 Å². The number of carbonyl (C=O) groups is 1. The van der Waals surface area contributed by atoms with E-state index >= 15 is 0 Å². The third-order valence-corrected chi connectivity index (χ3v) is 3.23. The topological polar surface area (TPSA) is 34.0 Å². The smallest absolute Gasteiger partial charge is 0.256 e. The normalized spacial score (nSPS) is 15.9. The van der Waals surface area contributed by atoms with Gasteiger partial charge in [0.05, 0.1) is 5.57 Å². The highest BCUT2D eigenvalue weighted by atomic mass is 16.2. The second-order valence-corrected chi connectivity index (χ2v) is 4.61. The van der Waals surface area contributed by atoms with Gasteiger partial charge in [-0.2, -0.15) is 0 Å². The molecule has 0 radical (unpaired) electrons. The maximum absolute atomic E-state index is 12.0. The molecule has 1 N–H and O–H groups in total. The summed E-state index contributed by atoms with van der Waals surface area (Å²) < 4.78 is 1.99. The van der Waals surface area contributed by atoms with E-state index in [1.165, 1.54) is 0 Å². The maximum Gasteiger partial charge on any atom is 0.256 e. The van der Waals surface area contributed by atoms with Gasteiger partial charge in [-0.15, -0.1) is 0 Å². The SMILES string of the molecule is Cc1ccc2c(c1)NC(=O)C2=Cc1cccn1C. The highest BCUT2D eigenvalue weighted by molar-refractivity contribution is 6.34. The van der Waals surface area contributed by atoms with Crippen LogP contribution >= 0.6 is 0 Å². The standard InChI is InChI=1S/C15H14N2O/c1-10-5-6-12-13(15(18)16-14(12)8-10)9-11-4-3-7-17(11)2/h3-9H,1-2H3,(H,16,18). The minimum atomic E-state index is -0.0307. The molecule has 2 heterocycles. The van der Waals surface area contributed by atoms with E-state index in [1.54, 1.807) is 0 Å². The van der Waals surface area contributed by atoms with Gasteiger partial charge in [-0.05, 0) is 36.8 Å². The minimum Gasteiger partial charge on any atom is -0.351 e. The van der Waals surface area contributed by atoms with Gasteiger partial charge in [0.25, 0.3) is 5.91 Å². The number of aromatic nitrogens is 1. The average molecular weight is 238 g/mol. The van der Waals surface area contributed by atoms with Gasteiger partial charge in [-0.1, -0.05) is 12.1 Å². The van der Waals surface area contributed by atoms with Crippen molar-refractivity contribution in [3.8, 4) is 0 Å². The maximum atomic E-state index is 12.0. The molecule has 2 aromatic rings. The van der Waals surface area contributed by atoms with Crippen LogP contribution in [0, 0.1) is 6.92 Å². The quantitative estimate of drug-likeness (QED) is 0.761. The number of aryl methyl sites for hydroxylation is 2. The molecule has 0 fully saturated rings. The lowest BCUT2D eigenvalue weighted by Crippen LogP contribution is -2.04. The van der Waals surface area contributed by atoms with Crippen LogP contribution in [0.5, 0.6) is 0 Å². The van der Waals surface area contributed by atoms with E-state index in [-0.39, 0.29) is 5.91 Å². The summed E-state index contributed by atoms with van der Waals surface area (Å²) in [5.74, 6) is -0.0307. The van der Waals surface area contributed by atoms with E-state index in [9.17, 15) is 4.79 Å². The molecule has 1 aliphatic rings. The van der Waals surface area contributed by atoms with Crippen molar-refractivity contribution in [2.75, 3.05) is 5.32 Å². The second kappa shape index (κ2) is 3.88. The number of amides is 1. The summed E-state index contributed by atoms with van der Waals surface area (Å²) in [6.45, 7) is 2.02. The van der Waals surface area contributed by atoms with E-state index in [4.69, 9.17) is 0 Å². The van der Waals surface area contributed by atoms with E-state index < -0.39 is 0 Å². The van der Waals surface area contributed by atoms with Crippen molar-refractivity contribution in [2.24, 2.45) is 7.05 Å². The zero-order chi connectivity index (χ0) is 12.7. The molecule has 18 heavy (non-hydrogen) atoms. The number of nitrogens with zero attached hydrogens (tertiary/aromatic N) is 1. The van der Waals surface area contributed by atoms with E-state index in [2.05, 4.69) is 5.32 Å². The van der Waals surface area contributed by atoms with Crippen molar-refractivity contribution in [3.63, 3.8) is 0 Å². The van der Waals surface area contributed by atoms with Gasteiger partial charge in [0, 0.05) is 30.2 Å². The van der Waals surface area contributed by atoms with Crippen molar-refractivity contribution < 1.29 is 4.79 Å². The van der Waals surface area contributed by atoms with Crippen LogP contribution in [0.1, 0.15) is 16.8 Å². The number of anilines is 1. The van der Waals surface area contributed by atoms with Crippen molar-refractivity contribution in [2.45, 2.75) is 6.92 Å². The molecule has 0 aliphatic carbocycles. The zero-order valence-corrected chi connectivity index (χ0v) is 10.4. The van der Waals surface area contributed by atoms with Crippen LogP contribution in [0.15, 0.2) is 36.5 Å². The Labute approximate surface area is 106 Å². The molecule has 0 saturated carbocycles. The summed E-state index contributed by atoms with van der Waals surface area (Å²) in [6, 6.07) is 9.98. The zero-order valence-electron chi connectivity index (χ0n) is 10.4. The fourth-order valence-electron chi connectivity index (χ4n) is 2.22. The van der Waals surface area contributed by atoms with Gasteiger partial charge in [0.15, 0.2) is 0 Å². The van der Waals surface area contributed by atoms with E-state index in [0.717, 1.165) is 28.1 Å². The Hall–Kier alpha value is -2.29. The summed E-state index contributed by atoms with van der Waals surface area (Å²) in [5.41, 5.74) is 4.78. The number of carbonyl (C=O) groups excluding carboxylic acids is 1. The fourth-order valence-corrected chi connectivity index (χ4v) is 2.22. The van der Waals surface area contributed by atoms with Gasteiger partial charge in [0.2, 0.25) is 0 Å². The highest BCUT2D eigenvalue weighted by Crippen LogP contribution is 2.33. The van der Waals surface area contributed by atoms with Crippen molar-refractivity contribution >= 4 is 23.2 Å². The monoisotopic (exact) mass is 238 g/mol. The Kier molecular flexibility index (Phi) is 2.33. The summed E-state index contributed by atoms with van der Waals surface area (Å²) in [4.78, 5) is 12.0. The van der Waals surface area contributed by atoms with Crippen molar-refractivity contribution in [1.29, 1.82) is 0 Å². The Morgan fingerprint density at radius 1 is 1.28 bits per heavy atom. The molecule has 0 saturated heterocycles. The molecule has 0 bridgehead atoms. The van der Waals surface area contributed by atoms with Crippen LogP contribution < -0.4 is 5.32 Å². The van der Waals surface area contributed by atoms with E-state index in [0.29, 0.717) is 0 Å². The molecular weight excluding hydrogens is 224 g/mol. The summed E-state index contributed by atoms with van der Waals surface area (Å²) in [5, 5.41) is 2.90. The van der Waals surface area contributed by atoms with Gasteiger partial charge < -0.3 is 9.88 Å². The molecule has 0 atom stereocenters. The molecule has 1 aliphatic heterocycles. The van der Waals surface area contributed by atoms with Crippen LogP contribution in [-0.2, 0) is 11.8 Å². The van der Waals surface area contributed by atoms with Gasteiger partial charge >= 0.3 is 0 Å². The van der Waals surface area contributed by atoms with Crippen molar-refractivity contribution in [1.82, 2.24) is 4.57 Å². The van der Waals surface area contributed by atoms with Crippen LogP contribution in [0.4, 0.5) is 5.69 Å². The molecule has 3 rings (SSSR count). The largest absolute Gasteiger partial charge is 0.351 e. The second-order valence-electron chi connectivity index (χ2n) is 4.61. The first-order valence-electron chi connectivity index (χ1n) is 5.90. The number of rotatable bonds is 1. The number of benzene rings is 1. The van der Waals surface area contributed by atoms with Crippen LogP contribution in [0.2, 0.25) is 0 Å². The lowest BCUT2D eigenvalue weighted by Gasteiger charge is -2.00. The highest BCUT2D eigenvalue weighted by Gasteiger charge is 2.23. The number of nitrogens with one attached hydrogen (secondary N) is 1. The number of hydrogen-bond acceptors (Lipinski definition) is 1. The molecule has 1 aromatic carbocycles. The molecule has 1 amide bonds. The molecule has 3 nitrogen and oxygen atoms in total.